The van der Waals surface area contributed by atoms with Crippen molar-refractivity contribution in [3.63, 3.8) is 0 Å². The van der Waals surface area contributed by atoms with Crippen molar-refractivity contribution in [1.29, 1.82) is 0 Å². The van der Waals surface area contributed by atoms with Crippen molar-refractivity contribution in [2.24, 2.45) is 0 Å². The van der Waals surface area contributed by atoms with E-state index in [4.69, 9.17) is 30.2 Å². The van der Waals surface area contributed by atoms with Crippen LogP contribution in [-0.4, -0.2) is 17.9 Å². The highest BCUT2D eigenvalue weighted by Crippen LogP contribution is 2.47. The van der Waals surface area contributed by atoms with Gasteiger partial charge in [-0.05, 0) is 47.5 Å². The summed E-state index contributed by atoms with van der Waals surface area (Å²) >= 11 is 6.39. The van der Waals surface area contributed by atoms with Gasteiger partial charge in [-0.15, -0.1) is 0 Å². The predicted molar refractivity (Wildman–Crippen MR) is 119 cm³/mol. The van der Waals surface area contributed by atoms with Crippen LogP contribution in [0.5, 0.6) is 23.0 Å². The van der Waals surface area contributed by atoms with Gasteiger partial charge in [-0.2, -0.15) is 0 Å². The van der Waals surface area contributed by atoms with Gasteiger partial charge < -0.3 is 23.7 Å². The van der Waals surface area contributed by atoms with Crippen LogP contribution in [0.25, 0.3) is 22.1 Å². The van der Waals surface area contributed by atoms with Crippen molar-refractivity contribution >= 4 is 28.5 Å². The van der Waals surface area contributed by atoms with Crippen LogP contribution in [0.15, 0.2) is 64.0 Å². The Balaban J connectivity index is 1.55. The molecule has 1 N–H and O–H groups in total. The van der Waals surface area contributed by atoms with Gasteiger partial charge in [0.2, 0.25) is 12.2 Å². The molecule has 1 aromatic heterocycles. The van der Waals surface area contributed by atoms with Gasteiger partial charge in [0.25, 0.3) is 0 Å². The van der Waals surface area contributed by atoms with E-state index in [9.17, 15) is 14.7 Å². The quantitative estimate of drug-likeness (QED) is 0.331. The molecule has 3 aromatic carbocycles. The average molecular weight is 463 g/mol. The highest BCUT2D eigenvalue weighted by atomic mass is 35.5. The first-order valence-electron chi connectivity index (χ1n) is 10.2. The molecule has 0 amide bonds. The molecule has 4 aromatic rings. The molecular formula is C25H15ClO7. The summed E-state index contributed by atoms with van der Waals surface area (Å²) in [5.74, 6) is 0.530. The van der Waals surface area contributed by atoms with E-state index in [0.717, 1.165) is 5.56 Å². The largest absolute Gasteiger partial charge is 0.508 e. The minimum Gasteiger partial charge on any atom is -0.508 e. The number of phenolic OH excluding ortho intramolecular Hbond substituents is 1. The van der Waals surface area contributed by atoms with Gasteiger partial charge in [0.05, 0.1) is 22.4 Å². The van der Waals surface area contributed by atoms with E-state index < -0.39 is 11.9 Å². The average Bonchev–Trinajstić information content (AvgIpc) is 3.29. The van der Waals surface area contributed by atoms with Crippen LogP contribution in [0.2, 0.25) is 5.02 Å². The zero-order chi connectivity index (χ0) is 22.7. The van der Waals surface area contributed by atoms with E-state index in [-0.39, 0.29) is 24.4 Å². The van der Waals surface area contributed by atoms with Crippen molar-refractivity contribution < 1.29 is 28.5 Å². The third-order valence-electron chi connectivity index (χ3n) is 5.91. The number of rotatable bonds is 2. The van der Waals surface area contributed by atoms with E-state index in [1.54, 1.807) is 36.4 Å². The van der Waals surface area contributed by atoms with Crippen LogP contribution in [0.3, 0.4) is 0 Å². The summed E-state index contributed by atoms with van der Waals surface area (Å²) < 4.78 is 22.3. The molecule has 0 saturated carbocycles. The Morgan fingerprint density at radius 1 is 0.970 bits per heavy atom. The number of benzene rings is 3. The predicted octanol–water partition coefficient (Wildman–Crippen LogP) is 4.99. The van der Waals surface area contributed by atoms with Gasteiger partial charge in [0.15, 0.2) is 11.5 Å². The molecule has 0 aliphatic carbocycles. The summed E-state index contributed by atoms with van der Waals surface area (Å²) in [5, 5.41) is 10.3. The summed E-state index contributed by atoms with van der Waals surface area (Å²) in [6.07, 6.45) is 1.43. The minimum absolute atomic E-state index is 0.0471. The molecule has 33 heavy (non-hydrogen) atoms. The molecule has 0 saturated heterocycles. The lowest BCUT2D eigenvalue weighted by Crippen LogP contribution is -2.22. The number of fused-ring (bicyclic) bond motifs is 4. The summed E-state index contributed by atoms with van der Waals surface area (Å²) in [6, 6.07) is 13.0. The third-order valence-corrected chi connectivity index (χ3v) is 6.19. The Kier molecular flexibility index (Phi) is 4.35. The summed E-state index contributed by atoms with van der Waals surface area (Å²) in [4.78, 5) is 25.7. The van der Waals surface area contributed by atoms with Gasteiger partial charge in [-0.1, -0.05) is 23.7 Å². The van der Waals surface area contributed by atoms with Crippen LogP contribution in [-0.2, 0) is 4.79 Å². The maximum Gasteiger partial charge on any atom is 0.312 e. The molecule has 7 nitrogen and oxygen atoms in total. The number of hydrogen-bond donors (Lipinski definition) is 1. The molecule has 2 aliphatic heterocycles. The van der Waals surface area contributed by atoms with E-state index in [2.05, 4.69) is 0 Å². The SMILES string of the molecule is O=C1C[C@H](c2cc(Cl)c3c(c2)OCO3)c2c(ccc3c(=O)c(-c4ccc(O)cc4)coc23)O1. The molecule has 1 atom stereocenters. The molecule has 0 bridgehead atoms. The number of phenols is 1. The van der Waals surface area contributed by atoms with Crippen LogP contribution in [0.4, 0.5) is 0 Å². The summed E-state index contributed by atoms with van der Waals surface area (Å²) in [6.45, 7) is 0.0691. The second-order valence-electron chi connectivity index (χ2n) is 7.85. The number of aromatic hydroxyl groups is 1. The molecule has 6 rings (SSSR count). The van der Waals surface area contributed by atoms with Crippen molar-refractivity contribution in [2.75, 3.05) is 6.79 Å². The first kappa shape index (κ1) is 19.7. The fourth-order valence-electron chi connectivity index (χ4n) is 4.37. The van der Waals surface area contributed by atoms with Crippen LogP contribution >= 0.6 is 11.6 Å². The standard InChI is InChI=1S/C25H15ClO7/c26-18-7-13(8-20-25(18)32-11-31-20)16-9-21(28)33-19-6-5-15-23(29)17(10-30-24(15)22(16)19)12-1-3-14(27)4-2-12/h1-8,10,16,27H,9,11H2/t16-/m1/s1. The van der Waals surface area contributed by atoms with Gasteiger partial charge in [0.1, 0.15) is 23.3 Å². The van der Waals surface area contributed by atoms with Crippen molar-refractivity contribution in [2.45, 2.75) is 12.3 Å². The Labute approximate surface area is 191 Å². The lowest BCUT2D eigenvalue weighted by Gasteiger charge is -2.26. The second kappa shape index (κ2) is 7.28. The Morgan fingerprint density at radius 2 is 1.79 bits per heavy atom. The molecule has 3 heterocycles. The molecule has 0 fully saturated rings. The van der Waals surface area contributed by atoms with Gasteiger partial charge >= 0.3 is 5.97 Å². The number of carbonyl (C=O) groups excluding carboxylic acids is 1. The first-order chi connectivity index (χ1) is 16.0. The normalized spacial score (nSPS) is 16.5. The van der Waals surface area contributed by atoms with Crippen LogP contribution in [0, 0.1) is 0 Å². The lowest BCUT2D eigenvalue weighted by atomic mass is 9.85. The van der Waals surface area contributed by atoms with Gasteiger partial charge in [-0.3, -0.25) is 9.59 Å². The third kappa shape index (κ3) is 3.12. The monoisotopic (exact) mass is 462 g/mol. The molecule has 0 spiro atoms. The lowest BCUT2D eigenvalue weighted by molar-refractivity contribution is -0.135. The van der Waals surface area contributed by atoms with Crippen molar-refractivity contribution in [1.82, 2.24) is 0 Å². The molecule has 0 unspecified atom stereocenters. The summed E-state index contributed by atoms with van der Waals surface area (Å²) in [7, 11) is 0. The van der Waals surface area contributed by atoms with E-state index in [0.29, 0.717) is 49.9 Å². The molecule has 8 heteroatoms. The first-order valence-corrected chi connectivity index (χ1v) is 10.5. The van der Waals surface area contributed by atoms with Gasteiger partial charge in [0, 0.05) is 11.5 Å². The Hall–Kier alpha value is -3.97. The molecule has 0 radical (unpaired) electrons. The highest BCUT2D eigenvalue weighted by molar-refractivity contribution is 6.32. The highest BCUT2D eigenvalue weighted by Gasteiger charge is 2.34. The zero-order valence-electron chi connectivity index (χ0n) is 17.0. The number of carbonyl (C=O) groups is 1. The minimum atomic E-state index is -0.459. The smallest absolute Gasteiger partial charge is 0.312 e. The number of esters is 1. The van der Waals surface area contributed by atoms with Crippen molar-refractivity contribution in [3.8, 4) is 34.1 Å². The maximum absolute atomic E-state index is 13.3. The van der Waals surface area contributed by atoms with E-state index >= 15 is 0 Å². The van der Waals surface area contributed by atoms with E-state index in [1.165, 1.54) is 18.4 Å². The van der Waals surface area contributed by atoms with Crippen LogP contribution in [0.1, 0.15) is 23.5 Å². The zero-order valence-corrected chi connectivity index (χ0v) is 17.7. The Morgan fingerprint density at radius 3 is 2.61 bits per heavy atom. The van der Waals surface area contributed by atoms with Crippen molar-refractivity contribution in [3.05, 3.63) is 81.2 Å². The topological polar surface area (TPSA) is 95.2 Å². The number of ether oxygens (including phenoxy) is 3. The fourth-order valence-corrected chi connectivity index (χ4v) is 4.64. The van der Waals surface area contributed by atoms with Gasteiger partial charge in [-0.25, -0.2) is 0 Å². The number of halogens is 1. The maximum atomic E-state index is 13.3. The summed E-state index contributed by atoms with van der Waals surface area (Å²) in [5.41, 5.74) is 2.40. The molecule has 2 aliphatic rings. The van der Waals surface area contributed by atoms with E-state index in [1.807, 2.05) is 0 Å². The number of hydrogen-bond acceptors (Lipinski definition) is 7. The van der Waals surface area contributed by atoms with Crippen LogP contribution < -0.4 is 19.6 Å². The molecular weight excluding hydrogens is 448 g/mol. The second-order valence-corrected chi connectivity index (χ2v) is 8.25. The molecule has 164 valence electrons. The Bertz CT molecular complexity index is 1500. The fraction of sp³-hybridized carbons (Fsp3) is 0.120.